The van der Waals surface area contributed by atoms with Crippen LogP contribution in [0.5, 0.6) is 0 Å². The number of carbonyl (C=O) groups excluding carboxylic acids is 3. The third kappa shape index (κ3) is 2.62. The number of amides is 3. The Morgan fingerprint density at radius 3 is 2.44 bits per heavy atom. The van der Waals surface area contributed by atoms with Gasteiger partial charge in [-0.1, -0.05) is 6.07 Å². The van der Waals surface area contributed by atoms with Crippen LogP contribution in [-0.4, -0.2) is 28.1 Å². The lowest BCUT2D eigenvalue weighted by atomic mass is 10.1. The maximum atomic E-state index is 11.2. The Bertz CT molecular complexity index is 514. The lowest BCUT2D eigenvalue weighted by Gasteiger charge is -2.16. The van der Waals surface area contributed by atoms with Crippen molar-refractivity contribution in [3.63, 3.8) is 0 Å². The molecule has 0 aliphatic carbocycles. The van der Waals surface area contributed by atoms with Crippen molar-refractivity contribution in [2.75, 3.05) is 5.06 Å². The second kappa shape index (κ2) is 5.25. The quantitative estimate of drug-likeness (QED) is 0.315. The standard InChI is InChI=1S/C10H11N3O5/c1-5-2-3-6(9(15)12-17)4-7(5)13(18)10(16)8(11)14/h2-4,17-18H,1H3,(H2,11,14)(H,12,15). The first-order valence-electron chi connectivity index (χ1n) is 4.76. The van der Waals surface area contributed by atoms with Gasteiger partial charge in [0.1, 0.15) is 0 Å². The molecule has 0 aliphatic heterocycles. The van der Waals surface area contributed by atoms with Crippen LogP contribution in [0.15, 0.2) is 18.2 Å². The number of hydrogen-bond donors (Lipinski definition) is 4. The van der Waals surface area contributed by atoms with Crippen molar-refractivity contribution in [3.8, 4) is 0 Å². The lowest BCUT2D eigenvalue weighted by Crippen LogP contribution is -2.38. The minimum atomic E-state index is -1.34. The number of anilines is 1. The normalized spacial score (nSPS) is 9.72. The number of nitrogens with zero attached hydrogens (tertiary/aromatic N) is 1. The first-order valence-corrected chi connectivity index (χ1v) is 4.76. The van der Waals surface area contributed by atoms with Crippen LogP contribution >= 0.6 is 0 Å². The number of aryl methyl sites for hydroxylation is 1. The molecule has 3 amide bonds. The summed E-state index contributed by atoms with van der Waals surface area (Å²) in [4.78, 5) is 33.0. The van der Waals surface area contributed by atoms with Crippen LogP contribution in [0.2, 0.25) is 0 Å². The number of carbonyl (C=O) groups is 3. The third-order valence-corrected chi connectivity index (χ3v) is 2.20. The Labute approximate surface area is 102 Å². The summed E-state index contributed by atoms with van der Waals surface area (Å²) >= 11 is 0. The molecule has 1 rings (SSSR count). The van der Waals surface area contributed by atoms with Crippen molar-refractivity contribution in [1.82, 2.24) is 5.48 Å². The fourth-order valence-electron chi connectivity index (χ4n) is 1.26. The lowest BCUT2D eigenvalue weighted by molar-refractivity contribution is -0.138. The van der Waals surface area contributed by atoms with E-state index in [9.17, 15) is 19.6 Å². The Balaban J connectivity index is 3.19. The van der Waals surface area contributed by atoms with Crippen LogP contribution in [0.3, 0.4) is 0 Å². The zero-order chi connectivity index (χ0) is 13.9. The average molecular weight is 253 g/mol. The summed E-state index contributed by atoms with van der Waals surface area (Å²) in [6, 6.07) is 3.92. The van der Waals surface area contributed by atoms with Crippen LogP contribution in [0, 0.1) is 6.92 Å². The predicted molar refractivity (Wildman–Crippen MR) is 58.9 cm³/mol. The van der Waals surface area contributed by atoms with Gasteiger partial charge in [-0.3, -0.25) is 24.8 Å². The minimum Gasteiger partial charge on any atom is -0.361 e. The first kappa shape index (κ1) is 13.6. The molecule has 0 heterocycles. The molecule has 0 aromatic heterocycles. The number of nitrogens with one attached hydrogen (secondary N) is 1. The maximum Gasteiger partial charge on any atom is 0.339 e. The van der Waals surface area contributed by atoms with Gasteiger partial charge in [-0.15, -0.1) is 0 Å². The number of primary amides is 1. The van der Waals surface area contributed by atoms with Gasteiger partial charge >= 0.3 is 11.8 Å². The van der Waals surface area contributed by atoms with Gasteiger partial charge in [0, 0.05) is 5.56 Å². The molecule has 0 saturated heterocycles. The molecule has 0 saturated carbocycles. The van der Waals surface area contributed by atoms with E-state index in [1.165, 1.54) is 17.6 Å². The van der Waals surface area contributed by atoms with E-state index >= 15 is 0 Å². The Kier molecular flexibility index (Phi) is 3.97. The molecule has 5 N–H and O–H groups in total. The summed E-state index contributed by atoms with van der Waals surface area (Å²) in [5.41, 5.74) is 6.49. The van der Waals surface area contributed by atoms with Crippen LogP contribution < -0.4 is 16.3 Å². The van der Waals surface area contributed by atoms with Crippen molar-refractivity contribution in [1.29, 1.82) is 0 Å². The van der Waals surface area contributed by atoms with Crippen molar-refractivity contribution < 1.29 is 24.8 Å². The second-order valence-electron chi connectivity index (χ2n) is 3.42. The molecule has 18 heavy (non-hydrogen) atoms. The summed E-state index contributed by atoms with van der Waals surface area (Å²) in [5.74, 6) is -3.50. The van der Waals surface area contributed by atoms with Gasteiger partial charge in [0.25, 0.3) is 5.91 Å². The van der Waals surface area contributed by atoms with Gasteiger partial charge in [-0.2, -0.15) is 5.06 Å². The maximum absolute atomic E-state index is 11.2. The molecule has 0 spiro atoms. The highest BCUT2D eigenvalue weighted by Crippen LogP contribution is 2.20. The zero-order valence-electron chi connectivity index (χ0n) is 9.38. The van der Waals surface area contributed by atoms with Crippen molar-refractivity contribution in [2.45, 2.75) is 6.92 Å². The van der Waals surface area contributed by atoms with Crippen molar-refractivity contribution in [3.05, 3.63) is 29.3 Å². The Morgan fingerprint density at radius 1 is 1.33 bits per heavy atom. The van der Waals surface area contributed by atoms with Gasteiger partial charge in [0.2, 0.25) is 0 Å². The molecule has 0 radical (unpaired) electrons. The van der Waals surface area contributed by atoms with Crippen LogP contribution in [0.4, 0.5) is 5.69 Å². The first-order chi connectivity index (χ1) is 8.38. The summed E-state index contributed by atoms with van der Waals surface area (Å²) in [6.45, 7) is 1.55. The molecule has 0 unspecified atom stereocenters. The van der Waals surface area contributed by atoms with E-state index in [1.807, 2.05) is 0 Å². The summed E-state index contributed by atoms with van der Waals surface area (Å²) in [7, 11) is 0. The van der Waals surface area contributed by atoms with Gasteiger partial charge in [-0.05, 0) is 24.6 Å². The smallest absolute Gasteiger partial charge is 0.339 e. The summed E-state index contributed by atoms with van der Waals surface area (Å²) < 4.78 is 0. The molecule has 96 valence electrons. The van der Waals surface area contributed by atoms with E-state index in [4.69, 9.17) is 10.9 Å². The van der Waals surface area contributed by atoms with Gasteiger partial charge in [-0.25, -0.2) is 5.48 Å². The molecule has 0 atom stereocenters. The summed E-state index contributed by atoms with van der Waals surface area (Å²) in [5, 5.41) is 18.0. The highest BCUT2D eigenvalue weighted by atomic mass is 16.5. The van der Waals surface area contributed by atoms with Crippen LogP contribution in [0.25, 0.3) is 0 Å². The molecule has 1 aromatic rings. The van der Waals surface area contributed by atoms with Gasteiger partial charge in [0.15, 0.2) is 0 Å². The predicted octanol–water partition coefficient (Wildman–Crippen LogP) is -0.678. The third-order valence-electron chi connectivity index (χ3n) is 2.20. The fraction of sp³-hybridized carbons (Fsp3) is 0.100. The number of hydroxylamine groups is 2. The molecule has 0 fully saturated rings. The van der Waals surface area contributed by atoms with E-state index in [1.54, 1.807) is 6.92 Å². The average Bonchev–Trinajstić information content (AvgIpc) is 2.36. The van der Waals surface area contributed by atoms with E-state index in [0.29, 0.717) is 5.56 Å². The molecule has 8 heteroatoms. The zero-order valence-corrected chi connectivity index (χ0v) is 9.38. The van der Waals surface area contributed by atoms with Crippen molar-refractivity contribution in [2.24, 2.45) is 5.73 Å². The van der Waals surface area contributed by atoms with E-state index in [-0.39, 0.29) is 16.3 Å². The minimum absolute atomic E-state index is 0.00517. The molecule has 0 bridgehead atoms. The van der Waals surface area contributed by atoms with Crippen molar-refractivity contribution >= 4 is 23.4 Å². The molecular formula is C10H11N3O5. The highest BCUT2D eigenvalue weighted by molar-refractivity contribution is 6.39. The Morgan fingerprint density at radius 2 is 1.94 bits per heavy atom. The highest BCUT2D eigenvalue weighted by Gasteiger charge is 2.21. The van der Waals surface area contributed by atoms with Gasteiger partial charge in [0.05, 0.1) is 5.69 Å². The van der Waals surface area contributed by atoms with Crippen LogP contribution in [-0.2, 0) is 9.59 Å². The van der Waals surface area contributed by atoms with E-state index in [0.717, 1.165) is 6.07 Å². The molecule has 0 aliphatic rings. The van der Waals surface area contributed by atoms with Crippen LogP contribution in [0.1, 0.15) is 15.9 Å². The second-order valence-corrected chi connectivity index (χ2v) is 3.42. The number of nitrogens with two attached hydrogens (primary N) is 1. The number of benzene rings is 1. The molecule has 1 aromatic carbocycles. The van der Waals surface area contributed by atoms with Gasteiger partial charge < -0.3 is 5.73 Å². The topological polar surface area (TPSA) is 133 Å². The Hall–Kier alpha value is -2.45. The van der Waals surface area contributed by atoms with E-state index in [2.05, 4.69) is 0 Å². The number of rotatable bonds is 2. The van der Waals surface area contributed by atoms with E-state index < -0.39 is 17.7 Å². The molecular weight excluding hydrogens is 242 g/mol. The molecule has 8 nitrogen and oxygen atoms in total. The number of hydrogen-bond acceptors (Lipinski definition) is 5. The SMILES string of the molecule is Cc1ccc(C(=O)NO)cc1N(O)C(=O)C(N)=O. The summed E-state index contributed by atoms with van der Waals surface area (Å²) in [6.07, 6.45) is 0. The monoisotopic (exact) mass is 253 g/mol. The fourth-order valence-corrected chi connectivity index (χ4v) is 1.26. The largest absolute Gasteiger partial charge is 0.361 e.